The van der Waals surface area contributed by atoms with Crippen molar-refractivity contribution in [2.24, 2.45) is 0 Å². The molecular weight excluding hydrogens is 220 g/mol. The molecule has 0 amide bonds. The molecule has 0 unspecified atom stereocenters. The van der Waals surface area contributed by atoms with Gasteiger partial charge in [0.15, 0.2) is 0 Å². The van der Waals surface area contributed by atoms with E-state index >= 15 is 0 Å². The molecule has 0 bridgehead atoms. The molecule has 4 nitrogen and oxygen atoms in total. The number of hydrogen-bond acceptors (Lipinski definition) is 4. The zero-order chi connectivity index (χ0) is 12.7. The molecule has 1 aromatic rings. The van der Waals surface area contributed by atoms with Crippen LogP contribution in [-0.2, 0) is 14.3 Å². The highest BCUT2D eigenvalue weighted by molar-refractivity contribution is 6.40. The number of ether oxygens (including phenoxy) is 2. The molecule has 0 saturated carbocycles. The van der Waals surface area contributed by atoms with Crippen molar-refractivity contribution in [2.75, 3.05) is 13.2 Å². The molecular formula is C13H16O4. The van der Waals surface area contributed by atoms with Gasteiger partial charge in [-0.1, -0.05) is 30.3 Å². The van der Waals surface area contributed by atoms with Gasteiger partial charge < -0.3 is 9.47 Å². The number of Topliss-reactive ketones (excluding diaryl/α,β-unsaturated/α-hetero) is 1. The van der Waals surface area contributed by atoms with Gasteiger partial charge in [-0.05, 0) is 13.8 Å². The van der Waals surface area contributed by atoms with Gasteiger partial charge in [0.2, 0.25) is 0 Å². The van der Waals surface area contributed by atoms with E-state index in [1.807, 2.05) is 13.8 Å². The van der Waals surface area contributed by atoms with E-state index in [1.165, 1.54) is 0 Å². The van der Waals surface area contributed by atoms with Crippen molar-refractivity contribution in [3.05, 3.63) is 35.9 Å². The summed E-state index contributed by atoms with van der Waals surface area (Å²) in [4.78, 5) is 22.9. The molecule has 0 spiro atoms. The lowest BCUT2D eigenvalue weighted by molar-refractivity contribution is -0.140. The molecule has 4 heteroatoms. The minimum Gasteiger partial charge on any atom is -0.457 e. The zero-order valence-corrected chi connectivity index (χ0v) is 10.0. The Labute approximate surface area is 101 Å². The maximum atomic E-state index is 11.6. The molecule has 0 N–H and O–H groups in total. The molecule has 17 heavy (non-hydrogen) atoms. The number of ketones is 1. The smallest absolute Gasteiger partial charge is 0.379 e. The summed E-state index contributed by atoms with van der Waals surface area (Å²) in [6.07, 6.45) is 0.0820. The molecule has 0 heterocycles. The van der Waals surface area contributed by atoms with E-state index in [9.17, 15) is 9.59 Å². The summed E-state index contributed by atoms with van der Waals surface area (Å²) in [5.74, 6) is -1.47. The fraction of sp³-hybridized carbons (Fsp3) is 0.385. The third-order valence-corrected chi connectivity index (χ3v) is 1.99. The largest absolute Gasteiger partial charge is 0.457 e. The van der Waals surface area contributed by atoms with E-state index in [0.717, 1.165) is 0 Å². The first-order valence-electron chi connectivity index (χ1n) is 5.49. The topological polar surface area (TPSA) is 52.6 Å². The van der Waals surface area contributed by atoms with Crippen molar-refractivity contribution < 1.29 is 19.1 Å². The van der Waals surface area contributed by atoms with Crippen LogP contribution < -0.4 is 0 Å². The third kappa shape index (κ3) is 4.78. The highest BCUT2D eigenvalue weighted by atomic mass is 16.6. The second-order valence-corrected chi connectivity index (χ2v) is 3.75. The van der Waals surface area contributed by atoms with Crippen molar-refractivity contribution in [2.45, 2.75) is 20.0 Å². The molecule has 0 saturated heterocycles. The number of hydrogen-bond donors (Lipinski definition) is 0. The third-order valence-electron chi connectivity index (χ3n) is 1.99. The fourth-order valence-corrected chi connectivity index (χ4v) is 1.19. The SMILES string of the molecule is CC(C)OCCOC(=O)C(=O)c1ccccc1. The van der Waals surface area contributed by atoms with Crippen molar-refractivity contribution in [1.82, 2.24) is 0 Å². The Kier molecular flexibility index (Phi) is 5.36. The van der Waals surface area contributed by atoms with Crippen molar-refractivity contribution in [1.29, 1.82) is 0 Å². The van der Waals surface area contributed by atoms with Gasteiger partial charge in [0, 0.05) is 5.56 Å². The molecule has 0 aliphatic rings. The van der Waals surface area contributed by atoms with Crippen LogP contribution in [-0.4, -0.2) is 31.1 Å². The Balaban J connectivity index is 2.36. The first-order chi connectivity index (χ1) is 8.11. The molecule has 0 aliphatic carbocycles. The van der Waals surface area contributed by atoms with Crippen molar-refractivity contribution >= 4 is 11.8 Å². The van der Waals surface area contributed by atoms with Gasteiger partial charge in [-0.2, -0.15) is 0 Å². The van der Waals surface area contributed by atoms with Crippen LogP contribution in [0.3, 0.4) is 0 Å². The quantitative estimate of drug-likeness (QED) is 0.327. The van der Waals surface area contributed by atoms with Crippen LogP contribution in [0.1, 0.15) is 24.2 Å². The van der Waals surface area contributed by atoms with E-state index in [-0.39, 0.29) is 12.7 Å². The minimum atomic E-state index is -0.844. The Morgan fingerprint density at radius 2 is 1.76 bits per heavy atom. The van der Waals surface area contributed by atoms with E-state index in [1.54, 1.807) is 30.3 Å². The Bertz CT molecular complexity index is 370. The second kappa shape index (κ2) is 6.81. The first-order valence-corrected chi connectivity index (χ1v) is 5.49. The minimum absolute atomic E-state index is 0.0820. The highest BCUT2D eigenvalue weighted by Gasteiger charge is 2.16. The lowest BCUT2D eigenvalue weighted by Crippen LogP contribution is -2.20. The lowest BCUT2D eigenvalue weighted by Gasteiger charge is -2.07. The van der Waals surface area contributed by atoms with E-state index in [2.05, 4.69) is 0 Å². The first kappa shape index (κ1) is 13.4. The summed E-state index contributed by atoms with van der Waals surface area (Å²) < 4.78 is 9.98. The zero-order valence-electron chi connectivity index (χ0n) is 10.0. The highest BCUT2D eigenvalue weighted by Crippen LogP contribution is 2.01. The van der Waals surface area contributed by atoms with Crippen LogP contribution in [0, 0.1) is 0 Å². The number of rotatable bonds is 6. The van der Waals surface area contributed by atoms with Gasteiger partial charge >= 0.3 is 5.97 Å². The molecule has 1 rings (SSSR count). The maximum Gasteiger partial charge on any atom is 0.379 e. The number of carbonyl (C=O) groups is 2. The molecule has 0 aliphatic heterocycles. The van der Waals surface area contributed by atoms with Gasteiger partial charge in [-0.15, -0.1) is 0 Å². The van der Waals surface area contributed by atoms with Crippen molar-refractivity contribution in [3.63, 3.8) is 0 Å². The summed E-state index contributed by atoms with van der Waals surface area (Å²) in [6.45, 7) is 4.16. The fourth-order valence-electron chi connectivity index (χ4n) is 1.19. The van der Waals surface area contributed by atoms with Gasteiger partial charge in [0.05, 0.1) is 12.7 Å². The van der Waals surface area contributed by atoms with E-state index < -0.39 is 11.8 Å². The molecule has 92 valence electrons. The standard InChI is InChI=1S/C13H16O4/c1-10(2)16-8-9-17-13(15)12(14)11-6-4-3-5-7-11/h3-7,10H,8-9H2,1-2H3. The van der Waals surface area contributed by atoms with Crippen LogP contribution in [0.2, 0.25) is 0 Å². The number of esters is 1. The summed E-state index contributed by atoms with van der Waals surface area (Å²) in [5, 5.41) is 0. The second-order valence-electron chi connectivity index (χ2n) is 3.75. The lowest BCUT2D eigenvalue weighted by atomic mass is 10.1. The molecule has 0 radical (unpaired) electrons. The summed E-state index contributed by atoms with van der Waals surface area (Å²) in [6, 6.07) is 8.33. The monoisotopic (exact) mass is 236 g/mol. The normalized spacial score (nSPS) is 10.3. The van der Waals surface area contributed by atoms with E-state index in [0.29, 0.717) is 12.2 Å². The van der Waals surface area contributed by atoms with Gasteiger partial charge in [-0.3, -0.25) is 4.79 Å². The molecule has 1 aromatic carbocycles. The predicted molar refractivity (Wildman–Crippen MR) is 62.8 cm³/mol. The summed E-state index contributed by atoms with van der Waals surface area (Å²) in [5.41, 5.74) is 0.335. The van der Waals surface area contributed by atoms with Crippen LogP contribution in [0.25, 0.3) is 0 Å². The van der Waals surface area contributed by atoms with Gasteiger partial charge in [0.1, 0.15) is 6.61 Å². The summed E-state index contributed by atoms with van der Waals surface area (Å²) >= 11 is 0. The molecule has 0 aromatic heterocycles. The molecule has 0 atom stereocenters. The summed E-state index contributed by atoms with van der Waals surface area (Å²) in [7, 11) is 0. The maximum absolute atomic E-state index is 11.6. The predicted octanol–water partition coefficient (Wildman–Crippen LogP) is 1.84. The Morgan fingerprint density at radius 3 is 2.35 bits per heavy atom. The Morgan fingerprint density at radius 1 is 1.12 bits per heavy atom. The molecule has 0 fully saturated rings. The van der Waals surface area contributed by atoms with Crippen LogP contribution >= 0.6 is 0 Å². The average molecular weight is 236 g/mol. The average Bonchev–Trinajstić information content (AvgIpc) is 2.34. The van der Waals surface area contributed by atoms with Gasteiger partial charge in [0.25, 0.3) is 5.78 Å². The number of benzene rings is 1. The van der Waals surface area contributed by atoms with Crippen LogP contribution in [0.15, 0.2) is 30.3 Å². The van der Waals surface area contributed by atoms with Gasteiger partial charge in [-0.25, -0.2) is 4.79 Å². The van der Waals surface area contributed by atoms with Crippen molar-refractivity contribution in [3.8, 4) is 0 Å². The van der Waals surface area contributed by atoms with Crippen LogP contribution in [0.5, 0.6) is 0 Å². The number of carbonyl (C=O) groups excluding carboxylic acids is 2. The van der Waals surface area contributed by atoms with Crippen LogP contribution in [0.4, 0.5) is 0 Å². The van der Waals surface area contributed by atoms with E-state index in [4.69, 9.17) is 9.47 Å². The Hall–Kier alpha value is -1.68.